The van der Waals surface area contributed by atoms with Crippen LogP contribution >= 0.6 is 0 Å². The lowest BCUT2D eigenvalue weighted by atomic mass is 9.47. The van der Waals surface area contributed by atoms with Crippen LogP contribution in [0.2, 0.25) is 0 Å². The first-order valence-electron chi connectivity index (χ1n) is 12.5. The second kappa shape index (κ2) is 9.80. The topological polar surface area (TPSA) is 85.2 Å². The van der Waals surface area contributed by atoms with Crippen molar-refractivity contribution in [3.05, 3.63) is 24.8 Å². The zero-order valence-corrected chi connectivity index (χ0v) is 21.1. The summed E-state index contributed by atoms with van der Waals surface area (Å²) in [5.74, 6) is 0.562. The van der Waals surface area contributed by atoms with Crippen LogP contribution in [0.1, 0.15) is 79.6 Å². The summed E-state index contributed by atoms with van der Waals surface area (Å²) in [5.41, 5.74) is 1.17. The molecule has 0 bridgehead atoms. The number of hydrogen-bond donors (Lipinski definition) is 2. The second-order valence-electron chi connectivity index (χ2n) is 11.7. The molecule has 1 heterocycles. The van der Waals surface area contributed by atoms with Crippen molar-refractivity contribution in [3.63, 3.8) is 0 Å². The largest absolute Gasteiger partial charge is 0.457 e. The van der Waals surface area contributed by atoms with Gasteiger partial charge in [0, 0.05) is 6.92 Å². The van der Waals surface area contributed by atoms with Gasteiger partial charge in [0.05, 0.1) is 12.2 Å². The molecule has 2 saturated carbocycles. The molecular weight excluding hydrogens is 420 g/mol. The monoisotopic (exact) mass is 464 g/mol. The predicted octanol–water partition coefficient (Wildman–Crippen LogP) is 4.54. The number of hydrogen-bond acceptors (Lipinski definition) is 6. The smallest absolute Gasteiger partial charge is 0.303 e. The van der Waals surface area contributed by atoms with Gasteiger partial charge in [-0.2, -0.15) is 0 Å². The van der Waals surface area contributed by atoms with Gasteiger partial charge in [-0.3, -0.25) is 4.79 Å². The fourth-order valence-corrected chi connectivity index (χ4v) is 6.90. The molecule has 1 aliphatic heterocycles. The quantitative estimate of drug-likeness (QED) is 0.425. The van der Waals surface area contributed by atoms with E-state index in [1.807, 2.05) is 6.92 Å². The van der Waals surface area contributed by atoms with Crippen molar-refractivity contribution in [2.75, 3.05) is 6.61 Å². The van der Waals surface area contributed by atoms with Crippen molar-refractivity contribution in [2.24, 2.45) is 22.7 Å². The normalized spacial score (nSPS) is 40.4. The summed E-state index contributed by atoms with van der Waals surface area (Å²) in [4.78, 5) is 11.2. The summed E-state index contributed by atoms with van der Waals surface area (Å²) in [5, 5.41) is 20.9. The first-order chi connectivity index (χ1) is 15.3. The lowest BCUT2D eigenvalue weighted by Gasteiger charge is -2.58. The van der Waals surface area contributed by atoms with Crippen LogP contribution in [0, 0.1) is 22.7 Å². The molecule has 33 heavy (non-hydrogen) atoms. The molecule has 3 rings (SSSR count). The average Bonchev–Trinajstić information content (AvgIpc) is 2.72. The Hall–Kier alpha value is -1.21. The van der Waals surface area contributed by atoms with E-state index >= 15 is 0 Å². The highest BCUT2D eigenvalue weighted by Gasteiger charge is 2.53. The Morgan fingerprint density at radius 1 is 1.27 bits per heavy atom. The summed E-state index contributed by atoms with van der Waals surface area (Å²) in [6.45, 7) is 18.9. The van der Waals surface area contributed by atoms with Crippen molar-refractivity contribution in [3.8, 4) is 0 Å². The summed E-state index contributed by atoms with van der Waals surface area (Å²) in [7, 11) is 0. The molecule has 0 amide bonds. The van der Waals surface area contributed by atoms with E-state index in [0.29, 0.717) is 23.7 Å². The standard InChI is InChI=1S/C27H44O6/c1-8-26(6,33-24-23(30)22(29)20(16-31-24)32-18(3)28)15-12-19-17(2)10-11-21-25(4,5)13-9-14-27(19,21)7/h8,19-24,29-30H,1-2,9-16H2,3-7H3. The van der Waals surface area contributed by atoms with Crippen LogP contribution in [0.3, 0.4) is 0 Å². The van der Waals surface area contributed by atoms with Crippen LogP contribution in [0.4, 0.5) is 0 Å². The summed E-state index contributed by atoms with van der Waals surface area (Å²) < 4.78 is 16.9. The Kier molecular flexibility index (Phi) is 7.84. The van der Waals surface area contributed by atoms with Gasteiger partial charge >= 0.3 is 5.97 Å². The van der Waals surface area contributed by atoms with Gasteiger partial charge in [0.25, 0.3) is 0 Å². The van der Waals surface area contributed by atoms with Crippen molar-refractivity contribution < 1.29 is 29.2 Å². The molecule has 188 valence electrons. The van der Waals surface area contributed by atoms with Gasteiger partial charge in [-0.15, -0.1) is 6.58 Å². The molecule has 3 fully saturated rings. The zero-order chi connectivity index (χ0) is 24.6. The van der Waals surface area contributed by atoms with E-state index in [9.17, 15) is 15.0 Å². The second-order valence-corrected chi connectivity index (χ2v) is 11.7. The first kappa shape index (κ1) is 26.4. The third-order valence-electron chi connectivity index (χ3n) is 8.82. The lowest BCUT2D eigenvalue weighted by molar-refractivity contribution is -0.295. The van der Waals surface area contributed by atoms with E-state index in [1.54, 1.807) is 6.08 Å². The van der Waals surface area contributed by atoms with E-state index in [4.69, 9.17) is 14.2 Å². The number of carbonyl (C=O) groups excluding carboxylic acids is 1. The minimum atomic E-state index is -1.33. The van der Waals surface area contributed by atoms with Crippen LogP contribution in [0.15, 0.2) is 24.8 Å². The molecule has 0 radical (unpaired) electrons. The molecule has 8 unspecified atom stereocenters. The van der Waals surface area contributed by atoms with Crippen molar-refractivity contribution in [1.82, 2.24) is 0 Å². The van der Waals surface area contributed by atoms with Crippen molar-refractivity contribution in [2.45, 2.75) is 110 Å². The van der Waals surface area contributed by atoms with E-state index in [2.05, 4.69) is 33.9 Å². The van der Waals surface area contributed by atoms with E-state index in [-0.39, 0.29) is 12.0 Å². The van der Waals surface area contributed by atoms with E-state index < -0.39 is 36.2 Å². The third kappa shape index (κ3) is 5.39. The predicted molar refractivity (Wildman–Crippen MR) is 127 cm³/mol. The summed E-state index contributed by atoms with van der Waals surface area (Å²) in [6.07, 6.45) is 4.91. The SMILES string of the molecule is C=CC(C)(CCC1C(=C)CCC2C(C)(C)CCCC12C)OC1OCC(OC(C)=O)C(O)C1O. The summed E-state index contributed by atoms with van der Waals surface area (Å²) >= 11 is 0. The maximum atomic E-state index is 11.2. The summed E-state index contributed by atoms with van der Waals surface area (Å²) in [6, 6.07) is 0. The molecule has 3 aliphatic rings. The van der Waals surface area contributed by atoms with Crippen LogP contribution < -0.4 is 0 Å². The molecular formula is C27H44O6. The molecule has 0 aromatic heterocycles. The highest BCUT2D eigenvalue weighted by molar-refractivity contribution is 5.66. The maximum absolute atomic E-state index is 11.2. The highest BCUT2D eigenvalue weighted by Crippen LogP contribution is 2.62. The number of rotatable bonds is 7. The Morgan fingerprint density at radius 2 is 1.97 bits per heavy atom. The molecule has 0 spiro atoms. The van der Waals surface area contributed by atoms with Crippen LogP contribution in [-0.2, 0) is 19.0 Å². The Balaban J connectivity index is 1.68. The van der Waals surface area contributed by atoms with Gasteiger partial charge in [0.1, 0.15) is 12.2 Å². The number of aliphatic hydroxyl groups is 2. The van der Waals surface area contributed by atoms with Crippen LogP contribution in [-0.4, -0.2) is 53.0 Å². The first-order valence-corrected chi connectivity index (χ1v) is 12.5. The molecule has 6 nitrogen and oxygen atoms in total. The van der Waals surface area contributed by atoms with Gasteiger partial charge in [-0.25, -0.2) is 0 Å². The fourth-order valence-electron chi connectivity index (χ4n) is 6.90. The minimum Gasteiger partial charge on any atom is -0.457 e. The maximum Gasteiger partial charge on any atom is 0.303 e. The number of carbonyl (C=O) groups is 1. The van der Waals surface area contributed by atoms with Crippen molar-refractivity contribution in [1.29, 1.82) is 0 Å². The number of ether oxygens (including phenoxy) is 3. The zero-order valence-electron chi connectivity index (χ0n) is 21.1. The third-order valence-corrected chi connectivity index (χ3v) is 8.82. The van der Waals surface area contributed by atoms with Gasteiger partial charge in [-0.1, -0.05) is 45.4 Å². The number of allylic oxidation sites excluding steroid dienone is 1. The Bertz CT molecular complexity index is 747. The Labute approximate surface area is 199 Å². The minimum absolute atomic E-state index is 0.0377. The molecule has 2 aliphatic carbocycles. The molecule has 1 saturated heterocycles. The fraction of sp³-hybridized carbons (Fsp3) is 0.815. The molecule has 0 aromatic rings. The number of fused-ring (bicyclic) bond motifs is 1. The van der Waals surface area contributed by atoms with Crippen molar-refractivity contribution >= 4 is 5.97 Å². The molecule has 6 heteroatoms. The van der Waals surface area contributed by atoms with Gasteiger partial charge in [0.2, 0.25) is 0 Å². The molecule has 0 aromatic carbocycles. The average molecular weight is 465 g/mol. The Morgan fingerprint density at radius 3 is 2.61 bits per heavy atom. The van der Waals surface area contributed by atoms with Crippen LogP contribution in [0.25, 0.3) is 0 Å². The van der Waals surface area contributed by atoms with Crippen LogP contribution in [0.5, 0.6) is 0 Å². The number of aliphatic hydroxyl groups excluding tert-OH is 2. The number of esters is 1. The van der Waals surface area contributed by atoms with E-state index in [0.717, 1.165) is 12.8 Å². The lowest BCUT2D eigenvalue weighted by Crippen LogP contribution is -2.56. The van der Waals surface area contributed by atoms with E-state index in [1.165, 1.54) is 38.2 Å². The van der Waals surface area contributed by atoms with Gasteiger partial charge < -0.3 is 24.4 Å². The molecule has 8 atom stereocenters. The highest BCUT2D eigenvalue weighted by atomic mass is 16.7. The van der Waals surface area contributed by atoms with Gasteiger partial charge in [0.15, 0.2) is 12.4 Å². The molecule has 2 N–H and O–H groups in total. The van der Waals surface area contributed by atoms with Gasteiger partial charge in [-0.05, 0) is 68.1 Å².